The van der Waals surface area contributed by atoms with Gasteiger partial charge in [0, 0.05) is 7.11 Å². The van der Waals surface area contributed by atoms with E-state index in [-0.39, 0.29) is 5.78 Å². The summed E-state index contributed by atoms with van der Waals surface area (Å²) in [5, 5.41) is 0. The van der Waals surface area contributed by atoms with E-state index in [4.69, 9.17) is 11.2 Å². The van der Waals surface area contributed by atoms with Crippen LogP contribution in [0, 0.1) is 12.3 Å². The van der Waals surface area contributed by atoms with E-state index >= 15 is 0 Å². The highest BCUT2D eigenvalue weighted by molar-refractivity contribution is 5.99. The van der Waals surface area contributed by atoms with Gasteiger partial charge in [-0.2, -0.15) is 0 Å². The zero-order chi connectivity index (χ0) is 9.68. The molecule has 0 N–H and O–H groups in total. The quantitative estimate of drug-likeness (QED) is 0.513. The SMILES string of the molecule is C#CC(=O)C(OC)c1ccccc1. The van der Waals surface area contributed by atoms with Gasteiger partial charge in [0.25, 0.3) is 0 Å². The molecule has 0 radical (unpaired) electrons. The molecular weight excluding hydrogens is 164 g/mol. The molecule has 1 atom stereocenters. The van der Waals surface area contributed by atoms with Crippen molar-refractivity contribution in [1.29, 1.82) is 0 Å². The van der Waals surface area contributed by atoms with Gasteiger partial charge < -0.3 is 4.74 Å². The number of hydrogen-bond acceptors (Lipinski definition) is 2. The van der Waals surface area contributed by atoms with Crippen molar-refractivity contribution < 1.29 is 9.53 Å². The highest BCUT2D eigenvalue weighted by atomic mass is 16.5. The number of carbonyl (C=O) groups is 1. The molecule has 0 aliphatic rings. The van der Waals surface area contributed by atoms with Crippen LogP contribution in [-0.4, -0.2) is 12.9 Å². The maximum atomic E-state index is 11.2. The van der Waals surface area contributed by atoms with E-state index in [1.165, 1.54) is 7.11 Å². The van der Waals surface area contributed by atoms with Gasteiger partial charge in [-0.3, -0.25) is 4.79 Å². The average molecular weight is 174 g/mol. The number of ketones is 1. The average Bonchev–Trinajstić information content (AvgIpc) is 2.20. The van der Waals surface area contributed by atoms with Crippen molar-refractivity contribution in [1.82, 2.24) is 0 Å². The molecule has 0 bridgehead atoms. The van der Waals surface area contributed by atoms with Crippen molar-refractivity contribution in [2.24, 2.45) is 0 Å². The maximum absolute atomic E-state index is 11.2. The van der Waals surface area contributed by atoms with Gasteiger partial charge in [-0.1, -0.05) is 30.3 Å². The molecule has 0 saturated heterocycles. The van der Waals surface area contributed by atoms with Crippen LogP contribution in [0.3, 0.4) is 0 Å². The van der Waals surface area contributed by atoms with E-state index in [2.05, 4.69) is 5.92 Å². The standard InChI is InChI=1S/C11H10O2/c1-3-10(12)11(13-2)9-7-5-4-6-8-9/h1,4-8,11H,2H3. The van der Waals surface area contributed by atoms with Gasteiger partial charge in [0.15, 0.2) is 6.10 Å². The molecule has 1 aromatic rings. The molecule has 66 valence electrons. The molecule has 2 heteroatoms. The van der Waals surface area contributed by atoms with Gasteiger partial charge >= 0.3 is 0 Å². The van der Waals surface area contributed by atoms with Crippen molar-refractivity contribution in [2.45, 2.75) is 6.10 Å². The maximum Gasteiger partial charge on any atom is 0.238 e. The second-order valence-electron chi connectivity index (χ2n) is 2.54. The van der Waals surface area contributed by atoms with Crippen LogP contribution in [0.25, 0.3) is 0 Å². The lowest BCUT2D eigenvalue weighted by atomic mass is 10.1. The lowest BCUT2D eigenvalue weighted by Gasteiger charge is -2.10. The van der Waals surface area contributed by atoms with Crippen LogP contribution in [-0.2, 0) is 9.53 Å². The van der Waals surface area contributed by atoms with E-state index in [1.54, 1.807) is 0 Å². The first-order valence-corrected chi connectivity index (χ1v) is 3.87. The van der Waals surface area contributed by atoms with Gasteiger partial charge in [-0.15, -0.1) is 6.42 Å². The summed E-state index contributed by atoms with van der Waals surface area (Å²) in [6.07, 6.45) is 4.37. The highest BCUT2D eigenvalue weighted by Gasteiger charge is 2.16. The van der Waals surface area contributed by atoms with Crippen LogP contribution in [0.5, 0.6) is 0 Å². The van der Waals surface area contributed by atoms with Crippen LogP contribution in [0.2, 0.25) is 0 Å². The van der Waals surface area contributed by atoms with Crippen LogP contribution < -0.4 is 0 Å². The summed E-state index contributed by atoms with van der Waals surface area (Å²) in [7, 11) is 1.47. The van der Waals surface area contributed by atoms with Crippen LogP contribution in [0.15, 0.2) is 30.3 Å². The van der Waals surface area contributed by atoms with E-state index < -0.39 is 6.10 Å². The zero-order valence-electron chi connectivity index (χ0n) is 7.36. The number of Topliss-reactive ketones (excluding diaryl/α,β-unsaturated/α-hetero) is 1. The summed E-state index contributed by atoms with van der Waals surface area (Å²) in [6.45, 7) is 0. The predicted octanol–water partition coefficient (Wildman–Crippen LogP) is 1.58. The fourth-order valence-electron chi connectivity index (χ4n) is 1.10. The Morgan fingerprint density at radius 2 is 2.08 bits per heavy atom. The topological polar surface area (TPSA) is 26.3 Å². The smallest absolute Gasteiger partial charge is 0.238 e. The number of hydrogen-bond donors (Lipinski definition) is 0. The minimum atomic E-state index is -0.633. The lowest BCUT2D eigenvalue weighted by Crippen LogP contribution is -2.12. The third-order valence-electron chi connectivity index (χ3n) is 1.72. The highest BCUT2D eigenvalue weighted by Crippen LogP contribution is 2.16. The summed E-state index contributed by atoms with van der Waals surface area (Å²) in [4.78, 5) is 11.2. The molecule has 0 spiro atoms. The molecule has 0 aromatic heterocycles. The van der Waals surface area contributed by atoms with Crippen molar-refractivity contribution in [2.75, 3.05) is 7.11 Å². The summed E-state index contributed by atoms with van der Waals surface area (Å²) < 4.78 is 5.00. The van der Waals surface area contributed by atoms with Gasteiger partial charge in [0.2, 0.25) is 5.78 Å². The number of ether oxygens (including phenoxy) is 1. The third-order valence-corrected chi connectivity index (χ3v) is 1.72. The Hall–Kier alpha value is -1.59. The first-order chi connectivity index (χ1) is 6.29. The first kappa shape index (κ1) is 9.50. The Morgan fingerprint density at radius 3 is 2.54 bits per heavy atom. The molecule has 0 aliphatic carbocycles. The van der Waals surface area contributed by atoms with Gasteiger partial charge in [0.1, 0.15) is 0 Å². The summed E-state index contributed by atoms with van der Waals surface area (Å²) in [5.74, 6) is 1.70. The predicted molar refractivity (Wildman–Crippen MR) is 50.0 cm³/mol. The molecule has 1 unspecified atom stereocenters. The van der Waals surface area contributed by atoms with Gasteiger partial charge in [-0.25, -0.2) is 0 Å². The van der Waals surface area contributed by atoms with Crippen LogP contribution in [0.4, 0.5) is 0 Å². The van der Waals surface area contributed by atoms with E-state index in [0.29, 0.717) is 0 Å². The second-order valence-corrected chi connectivity index (χ2v) is 2.54. The molecule has 0 saturated carbocycles. The molecule has 0 aliphatic heterocycles. The van der Waals surface area contributed by atoms with Crippen molar-refractivity contribution in [3.8, 4) is 12.3 Å². The Bertz CT molecular complexity index is 322. The van der Waals surface area contributed by atoms with E-state index in [0.717, 1.165) is 5.56 Å². The molecule has 0 amide bonds. The number of methoxy groups -OCH3 is 1. The Morgan fingerprint density at radius 1 is 1.46 bits per heavy atom. The zero-order valence-corrected chi connectivity index (χ0v) is 7.36. The minimum Gasteiger partial charge on any atom is -0.368 e. The Labute approximate surface area is 77.5 Å². The molecule has 13 heavy (non-hydrogen) atoms. The van der Waals surface area contributed by atoms with Crippen molar-refractivity contribution in [3.05, 3.63) is 35.9 Å². The fourth-order valence-corrected chi connectivity index (χ4v) is 1.10. The first-order valence-electron chi connectivity index (χ1n) is 3.87. The molecule has 1 rings (SSSR count). The van der Waals surface area contributed by atoms with Crippen molar-refractivity contribution >= 4 is 5.78 Å². The van der Waals surface area contributed by atoms with E-state index in [9.17, 15) is 4.79 Å². The molecule has 0 fully saturated rings. The fraction of sp³-hybridized carbons (Fsp3) is 0.182. The third kappa shape index (κ3) is 2.17. The second kappa shape index (κ2) is 4.44. The molecule has 1 aromatic carbocycles. The molecule has 2 nitrogen and oxygen atoms in total. The number of rotatable bonds is 3. The normalized spacial score (nSPS) is 11.7. The van der Waals surface area contributed by atoms with Crippen molar-refractivity contribution in [3.63, 3.8) is 0 Å². The number of benzene rings is 1. The summed E-state index contributed by atoms with van der Waals surface area (Å²) >= 11 is 0. The lowest BCUT2D eigenvalue weighted by molar-refractivity contribution is -0.123. The number of terminal acetylenes is 1. The largest absolute Gasteiger partial charge is 0.368 e. The minimum absolute atomic E-state index is 0.353. The Balaban J connectivity index is 2.93. The van der Waals surface area contributed by atoms with Crippen LogP contribution in [0.1, 0.15) is 11.7 Å². The Kier molecular flexibility index (Phi) is 3.24. The molecular formula is C11H10O2. The van der Waals surface area contributed by atoms with Gasteiger partial charge in [-0.05, 0) is 11.5 Å². The monoisotopic (exact) mass is 174 g/mol. The van der Waals surface area contributed by atoms with Crippen LogP contribution >= 0.6 is 0 Å². The summed E-state index contributed by atoms with van der Waals surface area (Å²) in [6, 6.07) is 9.17. The van der Waals surface area contributed by atoms with E-state index in [1.807, 2.05) is 30.3 Å². The molecule has 0 heterocycles. The van der Waals surface area contributed by atoms with Gasteiger partial charge in [0.05, 0.1) is 0 Å². The summed E-state index contributed by atoms with van der Waals surface area (Å²) in [5.41, 5.74) is 0.785. The number of carbonyl (C=O) groups excluding carboxylic acids is 1.